The lowest BCUT2D eigenvalue weighted by atomic mass is 9.82. The van der Waals surface area contributed by atoms with Gasteiger partial charge in [-0.05, 0) is 36.8 Å². The Morgan fingerprint density at radius 2 is 1.63 bits per heavy atom. The summed E-state index contributed by atoms with van der Waals surface area (Å²) in [6, 6.07) is 10.2. The highest BCUT2D eigenvalue weighted by molar-refractivity contribution is 6.17. The zero-order valence-electron chi connectivity index (χ0n) is 17.0. The van der Waals surface area contributed by atoms with E-state index in [-0.39, 0.29) is 11.3 Å². The molecule has 0 aromatic heterocycles. The zero-order valence-corrected chi connectivity index (χ0v) is 17.0. The number of alkyl halides is 3. The lowest BCUT2D eigenvalue weighted by Crippen LogP contribution is -2.32. The number of carbonyl (C=O) groups excluding carboxylic acids is 2. The van der Waals surface area contributed by atoms with Crippen molar-refractivity contribution in [1.29, 1.82) is 0 Å². The number of ketones is 1. The summed E-state index contributed by atoms with van der Waals surface area (Å²) in [5.41, 5.74) is -0.169. The fourth-order valence-electron chi connectivity index (χ4n) is 3.47. The summed E-state index contributed by atoms with van der Waals surface area (Å²) in [5.74, 6) is -1.91. The molecule has 1 aliphatic heterocycles. The highest BCUT2D eigenvalue weighted by atomic mass is 19.4. The van der Waals surface area contributed by atoms with E-state index in [2.05, 4.69) is 0 Å². The lowest BCUT2D eigenvalue weighted by Gasteiger charge is -2.29. The number of aliphatic hydroxyl groups excluding tert-OH is 1. The maximum Gasteiger partial charge on any atom is 0.416 e. The lowest BCUT2D eigenvalue weighted by molar-refractivity contribution is -0.137. The Morgan fingerprint density at radius 3 is 2.13 bits per heavy atom. The van der Waals surface area contributed by atoms with Crippen molar-refractivity contribution in [2.75, 3.05) is 4.90 Å². The third-order valence-electron chi connectivity index (χ3n) is 4.96. The van der Waals surface area contributed by atoms with Crippen LogP contribution < -0.4 is 4.90 Å². The number of carbonyl (C=O) groups is 2. The zero-order chi connectivity index (χ0) is 22.4. The SMILES string of the molecule is Cc1cccc(C2C(C(=O)C(C)(C)C)=C(O)C(=O)N2c2ccc(C(F)(F)F)cc2)c1. The molecule has 1 heterocycles. The van der Waals surface area contributed by atoms with Gasteiger partial charge in [0.05, 0.1) is 17.2 Å². The predicted molar refractivity (Wildman–Crippen MR) is 107 cm³/mol. The molecule has 1 atom stereocenters. The Bertz CT molecular complexity index is 1030. The highest BCUT2D eigenvalue weighted by Gasteiger charge is 2.46. The normalized spacial score (nSPS) is 17.6. The Labute approximate surface area is 172 Å². The molecule has 7 heteroatoms. The van der Waals surface area contributed by atoms with E-state index in [1.807, 2.05) is 13.0 Å². The van der Waals surface area contributed by atoms with Crippen molar-refractivity contribution in [2.24, 2.45) is 5.41 Å². The molecule has 3 rings (SSSR count). The summed E-state index contributed by atoms with van der Waals surface area (Å²) >= 11 is 0. The van der Waals surface area contributed by atoms with Gasteiger partial charge in [-0.3, -0.25) is 14.5 Å². The fraction of sp³-hybridized carbons (Fsp3) is 0.304. The van der Waals surface area contributed by atoms with E-state index < -0.39 is 40.6 Å². The first kappa shape index (κ1) is 21.6. The second-order valence-electron chi connectivity index (χ2n) is 8.38. The smallest absolute Gasteiger partial charge is 0.416 e. The van der Waals surface area contributed by atoms with Crippen molar-refractivity contribution in [2.45, 2.75) is 39.9 Å². The first-order chi connectivity index (χ1) is 13.8. The second-order valence-corrected chi connectivity index (χ2v) is 8.38. The summed E-state index contributed by atoms with van der Waals surface area (Å²) in [4.78, 5) is 27.2. The third-order valence-corrected chi connectivity index (χ3v) is 4.96. The van der Waals surface area contributed by atoms with Crippen molar-refractivity contribution < 1.29 is 27.9 Å². The molecule has 1 N–H and O–H groups in total. The Kier molecular flexibility index (Phi) is 5.26. The van der Waals surface area contributed by atoms with Crippen molar-refractivity contribution in [1.82, 2.24) is 0 Å². The first-order valence-corrected chi connectivity index (χ1v) is 9.37. The quantitative estimate of drug-likeness (QED) is 0.715. The molecule has 1 amide bonds. The summed E-state index contributed by atoms with van der Waals surface area (Å²) in [5, 5.41) is 10.6. The number of nitrogens with zero attached hydrogens (tertiary/aromatic N) is 1. The number of aryl methyl sites for hydroxylation is 1. The van der Waals surface area contributed by atoms with Gasteiger partial charge >= 0.3 is 6.18 Å². The standard InChI is InChI=1S/C23H22F3NO3/c1-13-6-5-7-14(12-13)18-17(20(29)22(2,3)4)19(28)21(30)27(18)16-10-8-15(9-11-16)23(24,25)26/h5-12,18,28H,1-4H3. The molecule has 4 nitrogen and oxygen atoms in total. The van der Waals surface area contributed by atoms with Gasteiger partial charge in [0.15, 0.2) is 11.5 Å². The average Bonchev–Trinajstić information content (AvgIpc) is 2.91. The van der Waals surface area contributed by atoms with Crippen LogP contribution in [0.4, 0.5) is 18.9 Å². The van der Waals surface area contributed by atoms with Crippen LogP contribution in [0.5, 0.6) is 0 Å². The van der Waals surface area contributed by atoms with E-state index in [9.17, 15) is 27.9 Å². The van der Waals surface area contributed by atoms with Gasteiger partial charge < -0.3 is 5.11 Å². The molecule has 0 radical (unpaired) electrons. The average molecular weight is 417 g/mol. The number of hydrogen-bond acceptors (Lipinski definition) is 3. The van der Waals surface area contributed by atoms with E-state index in [1.54, 1.807) is 39.0 Å². The van der Waals surface area contributed by atoms with Gasteiger partial charge in [-0.2, -0.15) is 13.2 Å². The van der Waals surface area contributed by atoms with Crippen molar-refractivity contribution in [3.8, 4) is 0 Å². The maximum absolute atomic E-state index is 13.1. The minimum Gasteiger partial charge on any atom is -0.503 e. The van der Waals surface area contributed by atoms with Crippen LogP contribution in [0.25, 0.3) is 0 Å². The number of hydrogen-bond donors (Lipinski definition) is 1. The van der Waals surface area contributed by atoms with Crippen LogP contribution in [0.1, 0.15) is 43.5 Å². The van der Waals surface area contributed by atoms with E-state index in [0.29, 0.717) is 5.56 Å². The van der Waals surface area contributed by atoms with Crippen molar-refractivity contribution in [3.63, 3.8) is 0 Å². The monoisotopic (exact) mass is 417 g/mol. The first-order valence-electron chi connectivity index (χ1n) is 9.37. The number of Topliss-reactive ketones (excluding diaryl/α,β-unsaturated/α-hetero) is 1. The number of anilines is 1. The molecule has 2 aromatic carbocycles. The van der Waals surface area contributed by atoms with Gasteiger partial charge in [0.25, 0.3) is 5.91 Å². The van der Waals surface area contributed by atoms with Gasteiger partial charge in [-0.15, -0.1) is 0 Å². The molecule has 2 aromatic rings. The molecular weight excluding hydrogens is 395 g/mol. The van der Waals surface area contributed by atoms with Crippen LogP contribution in [-0.4, -0.2) is 16.8 Å². The minimum absolute atomic E-state index is 0.0574. The number of rotatable bonds is 3. The Morgan fingerprint density at radius 1 is 1.03 bits per heavy atom. The summed E-state index contributed by atoms with van der Waals surface area (Å²) in [6.45, 7) is 6.87. The molecule has 0 bridgehead atoms. The molecule has 0 aliphatic carbocycles. The largest absolute Gasteiger partial charge is 0.503 e. The van der Waals surface area contributed by atoms with Gasteiger partial charge in [-0.25, -0.2) is 0 Å². The fourth-order valence-corrected chi connectivity index (χ4v) is 3.47. The van der Waals surface area contributed by atoms with E-state index >= 15 is 0 Å². The van der Waals surface area contributed by atoms with Crippen LogP contribution >= 0.6 is 0 Å². The number of halogens is 3. The number of amides is 1. The third kappa shape index (κ3) is 3.84. The summed E-state index contributed by atoms with van der Waals surface area (Å²) in [7, 11) is 0. The van der Waals surface area contributed by atoms with Gasteiger partial charge in [0.1, 0.15) is 0 Å². The molecule has 30 heavy (non-hydrogen) atoms. The van der Waals surface area contributed by atoms with Crippen molar-refractivity contribution in [3.05, 3.63) is 76.6 Å². The van der Waals surface area contributed by atoms with Crippen LogP contribution in [0.15, 0.2) is 59.9 Å². The number of aliphatic hydroxyl groups is 1. The summed E-state index contributed by atoms with van der Waals surface area (Å²) in [6.07, 6.45) is -4.52. The Balaban J connectivity index is 2.17. The topological polar surface area (TPSA) is 57.6 Å². The molecule has 0 saturated heterocycles. The maximum atomic E-state index is 13.1. The van der Waals surface area contributed by atoms with Crippen LogP contribution in [-0.2, 0) is 15.8 Å². The van der Waals surface area contributed by atoms with Gasteiger partial charge in [0.2, 0.25) is 0 Å². The second kappa shape index (κ2) is 7.31. The van der Waals surface area contributed by atoms with Crippen LogP contribution in [0.3, 0.4) is 0 Å². The molecule has 1 unspecified atom stereocenters. The van der Waals surface area contributed by atoms with E-state index in [4.69, 9.17) is 0 Å². The van der Waals surface area contributed by atoms with Gasteiger partial charge in [0, 0.05) is 11.1 Å². The highest BCUT2D eigenvalue weighted by Crippen LogP contribution is 2.44. The Hall–Kier alpha value is -3.09. The van der Waals surface area contributed by atoms with Crippen molar-refractivity contribution >= 4 is 17.4 Å². The van der Waals surface area contributed by atoms with Crippen LogP contribution in [0, 0.1) is 12.3 Å². The van der Waals surface area contributed by atoms with Gasteiger partial charge in [-0.1, -0.05) is 50.6 Å². The molecular formula is C23H22F3NO3. The summed E-state index contributed by atoms with van der Waals surface area (Å²) < 4.78 is 38.8. The van der Waals surface area contributed by atoms with E-state index in [0.717, 1.165) is 17.7 Å². The molecule has 158 valence electrons. The molecule has 0 fully saturated rings. The van der Waals surface area contributed by atoms with Crippen LogP contribution in [0.2, 0.25) is 0 Å². The predicted octanol–water partition coefficient (Wildman–Crippen LogP) is 5.53. The molecule has 0 spiro atoms. The molecule has 1 aliphatic rings. The molecule has 0 saturated carbocycles. The van der Waals surface area contributed by atoms with E-state index in [1.165, 1.54) is 17.0 Å². The minimum atomic E-state index is -4.52. The number of benzene rings is 2.